The van der Waals surface area contributed by atoms with Crippen LogP contribution in [0.4, 0.5) is 0 Å². The van der Waals surface area contributed by atoms with E-state index in [9.17, 15) is 0 Å². The van der Waals surface area contributed by atoms with E-state index in [4.69, 9.17) is 0 Å². The van der Waals surface area contributed by atoms with Crippen LogP contribution in [0.25, 0.3) is 0 Å². The summed E-state index contributed by atoms with van der Waals surface area (Å²) in [5.74, 6) is 0. The Hall–Kier alpha value is -0.120. The Kier molecular flexibility index (Phi) is 5.26. The maximum Gasteiger partial charge on any atom is 0.00940 e. The summed E-state index contributed by atoms with van der Waals surface area (Å²) in [4.78, 5) is 5.13. The Morgan fingerprint density at radius 1 is 0.765 bits per heavy atom. The summed E-state index contributed by atoms with van der Waals surface area (Å²) in [6.45, 7) is 12.2. The van der Waals surface area contributed by atoms with E-state index in [1.165, 1.54) is 65.0 Å². The van der Waals surface area contributed by atoms with E-state index in [0.29, 0.717) is 0 Å². The van der Waals surface area contributed by atoms with Crippen LogP contribution >= 0.6 is 0 Å². The first-order valence-electron chi connectivity index (χ1n) is 7.52. The van der Waals surface area contributed by atoms with Gasteiger partial charge in [-0.1, -0.05) is 13.8 Å². The number of likely N-dealkylation sites (tertiary alicyclic amines) is 2. The minimum absolute atomic E-state index is 0.788. The van der Waals surface area contributed by atoms with Crippen molar-refractivity contribution in [2.45, 2.75) is 51.6 Å². The molecule has 0 aromatic heterocycles. The molecule has 2 aliphatic rings. The van der Waals surface area contributed by atoms with Gasteiger partial charge in [0.1, 0.15) is 0 Å². The second kappa shape index (κ2) is 6.72. The molecule has 1 N–H and O–H groups in total. The third-order valence-corrected chi connectivity index (χ3v) is 4.54. The van der Waals surface area contributed by atoms with Crippen LogP contribution in [-0.2, 0) is 0 Å². The lowest BCUT2D eigenvalue weighted by Gasteiger charge is -2.37. The topological polar surface area (TPSA) is 18.5 Å². The van der Waals surface area contributed by atoms with Crippen molar-refractivity contribution in [3.8, 4) is 0 Å². The van der Waals surface area contributed by atoms with Crippen LogP contribution < -0.4 is 5.32 Å². The van der Waals surface area contributed by atoms with Crippen LogP contribution in [0.1, 0.15) is 39.5 Å². The Bertz CT molecular complexity index is 182. The maximum atomic E-state index is 3.89. The molecular weight excluding hydrogens is 210 g/mol. The molecule has 2 saturated heterocycles. The van der Waals surface area contributed by atoms with Gasteiger partial charge in [0.25, 0.3) is 0 Å². The smallest absolute Gasteiger partial charge is 0.00940 e. The predicted octanol–water partition coefficient (Wildman–Crippen LogP) is 1.54. The quantitative estimate of drug-likeness (QED) is 0.803. The summed E-state index contributed by atoms with van der Waals surface area (Å²) in [6.07, 6.45) is 5.40. The summed E-state index contributed by atoms with van der Waals surface area (Å²) >= 11 is 0. The van der Waals surface area contributed by atoms with Crippen molar-refractivity contribution in [3.05, 3.63) is 0 Å². The summed E-state index contributed by atoms with van der Waals surface area (Å²) in [7, 11) is 0. The Morgan fingerprint density at radius 2 is 1.12 bits per heavy atom. The molecule has 100 valence electrons. The fourth-order valence-corrected chi connectivity index (χ4v) is 3.17. The number of piperidine rings is 2. The molecule has 0 bridgehead atoms. The lowest BCUT2D eigenvalue weighted by atomic mass is 9.99. The van der Waals surface area contributed by atoms with Crippen molar-refractivity contribution in [1.82, 2.24) is 15.1 Å². The molecule has 3 heteroatoms. The molecule has 3 nitrogen and oxygen atoms in total. The molecule has 2 rings (SSSR count). The number of hydrogen-bond acceptors (Lipinski definition) is 3. The highest BCUT2D eigenvalue weighted by atomic mass is 15.2. The highest BCUT2D eigenvalue weighted by Gasteiger charge is 2.23. The van der Waals surface area contributed by atoms with E-state index < -0.39 is 0 Å². The van der Waals surface area contributed by atoms with E-state index in [0.717, 1.165) is 12.1 Å². The van der Waals surface area contributed by atoms with Gasteiger partial charge < -0.3 is 15.1 Å². The second-order valence-electron chi connectivity index (χ2n) is 5.58. The average Bonchev–Trinajstić information content (AvgIpc) is 2.40. The van der Waals surface area contributed by atoms with Gasteiger partial charge in [-0.2, -0.15) is 0 Å². The molecule has 0 saturated carbocycles. The van der Waals surface area contributed by atoms with Crippen molar-refractivity contribution in [1.29, 1.82) is 0 Å². The van der Waals surface area contributed by atoms with Gasteiger partial charge in [0, 0.05) is 12.1 Å². The van der Waals surface area contributed by atoms with Crippen molar-refractivity contribution in [2.24, 2.45) is 0 Å². The van der Waals surface area contributed by atoms with Crippen molar-refractivity contribution in [2.75, 3.05) is 39.3 Å². The third-order valence-electron chi connectivity index (χ3n) is 4.54. The van der Waals surface area contributed by atoms with E-state index in [-0.39, 0.29) is 0 Å². The van der Waals surface area contributed by atoms with Crippen LogP contribution in [0.3, 0.4) is 0 Å². The third kappa shape index (κ3) is 3.94. The van der Waals surface area contributed by atoms with Gasteiger partial charge >= 0.3 is 0 Å². The monoisotopic (exact) mass is 239 g/mol. The Labute approximate surface area is 107 Å². The molecule has 0 unspecified atom stereocenters. The van der Waals surface area contributed by atoms with Gasteiger partial charge in [-0.15, -0.1) is 0 Å². The van der Waals surface area contributed by atoms with E-state index in [1.54, 1.807) is 0 Å². The van der Waals surface area contributed by atoms with Gasteiger partial charge in [0.15, 0.2) is 0 Å². The van der Waals surface area contributed by atoms with Gasteiger partial charge in [0.05, 0.1) is 0 Å². The fraction of sp³-hybridized carbons (Fsp3) is 1.00. The molecule has 0 radical (unpaired) electrons. The van der Waals surface area contributed by atoms with Crippen molar-refractivity contribution >= 4 is 0 Å². The second-order valence-corrected chi connectivity index (χ2v) is 5.58. The standard InChI is InChI=1S/C14H29N3/c1-3-16-9-5-13(6-10-16)15-14-7-11-17(4-2)12-8-14/h13-15H,3-12H2,1-2H3. The molecule has 0 aromatic carbocycles. The summed E-state index contributed by atoms with van der Waals surface area (Å²) in [5.41, 5.74) is 0. The minimum Gasteiger partial charge on any atom is -0.311 e. The number of nitrogens with one attached hydrogen (secondary N) is 1. The first kappa shape index (κ1) is 13.3. The van der Waals surface area contributed by atoms with Gasteiger partial charge in [-0.3, -0.25) is 0 Å². The fourth-order valence-electron chi connectivity index (χ4n) is 3.17. The van der Waals surface area contributed by atoms with Crippen molar-refractivity contribution < 1.29 is 0 Å². The molecule has 17 heavy (non-hydrogen) atoms. The summed E-state index contributed by atoms with van der Waals surface area (Å²) in [6, 6.07) is 1.58. The molecule has 2 fully saturated rings. The predicted molar refractivity (Wildman–Crippen MR) is 73.4 cm³/mol. The number of nitrogens with zero attached hydrogens (tertiary/aromatic N) is 2. The average molecular weight is 239 g/mol. The Balaban J connectivity index is 1.65. The Morgan fingerprint density at radius 3 is 1.41 bits per heavy atom. The summed E-state index contributed by atoms with van der Waals surface area (Å²) < 4.78 is 0. The molecule has 2 aliphatic heterocycles. The lowest BCUT2D eigenvalue weighted by Crippen LogP contribution is -2.49. The molecule has 2 heterocycles. The zero-order valence-electron chi connectivity index (χ0n) is 11.6. The molecule has 0 spiro atoms. The SMILES string of the molecule is CCN1CCC(NC2CCN(CC)CC2)CC1. The normalized spacial score (nSPS) is 26.5. The molecule has 0 aromatic rings. The molecule has 0 amide bonds. The molecule has 0 atom stereocenters. The van der Waals surface area contributed by atoms with Gasteiger partial charge in [-0.05, 0) is 65.0 Å². The lowest BCUT2D eigenvalue weighted by molar-refractivity contribution is 0.166. The first-order valence-corrected chi connectivity index (χ1v) is 7.52. The largest absolute Gasteiger partial charge is 0.311 e. The van der Waals surface area contributed by atoms with Crippen LogP contribution in [0, 0.1) is 0 Å². The zero-order valence-corrected chi connectivity index (χ0v) is 11.6. The maximum absolute atomic E-state index is 3.89. The van der Waals surface area contributed by atoms with Gasteiger partial charge in [0.2, 0.25) is 0 Å². The molecule has 0 aliphatic carbocycles. The highest BCUT2D eigenvalue weighted by Crippen LogP contribution is 2.15. The van der Waals surface area contributed by atoms with Crippen LogP contribution in [0.5, 0.6) is 0 Å². The van der Waals surface area contributed by atoms with Gasteiger partial charge in [-0.25, -0.2) is 0 Å². The van der Waals surface area contributed by atoms with E-state index >= 15 is 0 Å². The number of rotatable bonds is 4. The highest BCUT2D eigenvalue weighted by molar-refractivity contribution is 4.83. The van der Waals surface area contributed by atoms with Crippen LogP contribution in [0.2, 0.25) is 0 Å². The van der Waals surface area contributed by atoms with Crippen LogP contribution in [0.15, 0.2) is 0 Å². The minimum atomic E-state index is 0.788. The van der Waals surface area contributed by atoms with Crippen molar-refractivity contribution in [3.63, 3.8) is 0 Å². The number of hydrogen-bond donors (Lipinski definition) is 1. The zero-order chi connectivity index (χ0) is 12.1. The molecular formula is C14H29N3. The van der Waals surface area contributed by atoms with E-state index in [1.807, 2.05) is 0 Å². The van der Waals surface area contributed by atoms with E-state index in [2.05, 4.69) is 29.0 Å². The first-order chi connectivity index (χ1) is 8.31. The van der Waals surface area contributed by atoms with Crippen LogP contribution in [-0.4, -0.2) is 61.2 Å². The summed E-state index contributed by atoms with van der Waals surface area (Å²) in [5, 5.41) is 3.89.